The Balaban J connectivity index is 2.17. The van der Waals surface area contributed by atoms with Crippen LogP contribution in [-0.2, 0) is 19.1 Å². The van der Waals surface area contributed by atoms with E-state index in [0.717, 1.165) is 0 Å². The fraction of sp³-hybridized carbons (Fsp3) is 0.500. The van der Waals surface area contributed by atoms with Gasteiger partial charge in [0.2, 0.25) is 0 Å². The number of pyridine rings is 1. The maximum atomic E-state index is 12.2. The van der Waals surface area contributed by atoms with E-state index >= 15 is 0 Å². The summed E-state index contributed by atoms with van der Waals surface area (Å²) in [6, 6.07) is 3.19. The molecule has 0 spiro atoms. The molecule has 0 saturated heterocycles. The van der Waals surface area contributed by atoms with Crippen molar-refractivity contribution in [2.75, 3.05) is 30.9 Å². The summed E-state index contributed by atoms with van der Waals surface area (Å²) in [5.41, 5.74) is 5.64. The fourth-order valence-corrected chi connectivity index (χ4v) is 2.11. The zero-order valence-corrected chi connectivity index (χ0v) is 12.7. The van der Waals surface area contributed by atoms with Crippen LogP contribution < -0.4 is 15.4 Å². The largest absolute Gasteiger partial charge is 0.477 e. The monoisotopic (exact) mass is 309 g/mol. The number of anilines is 2. The molecule has 1 aromatic heterocycles. The second-order valence-corrected chi connectivity index (χ2v) is 5.00. The van der Waals surface area contributed by atoms with Gasteiger partial charge in [-0.05, 0) is 26.0 Å². The number of amides is 1. The van der Waals surface area contributed by atoms with Crippen LogP contribution in [0.15, 0.2) is 12.1 Å². The van der Waals surface area contributed by atoms with Crippen molar-refractivity contribution >= 4 is 23.5 Å². The molecule has 0 aromatic carbocycles. The molecule has 1 aliphatic heterocycles. The van der Waals surface area contributed by atoms with E-state index in [9.17, 15) is 9.59 Å². The molecular formula is C14H19N3O5. The Hall–Kier alpha value is -2.35. The molecule has 0 radical (unpaired) electrons. The summed E-state index contributed by atoms with van der Waals surface area (Å²) >= 11 is 0. The second kappa shape index (κ2) is 6.61. The zero-order valence-electron chi connectivity index (χ0n) is 12.7. The van der Waals surface area contributed by atoms with Crippen LogP contribution in [0.5, 0.6) is 5.75 Å². The minimum Gasteiger partial charge on any atom is -0.477 e. The summed E-state index contributed by atoms with van der Waals surface area (Å²) in [5.74, 6) is -0.0709. The molecular weight excluding hydrogens is 290 g/mol. The lowest BCUT2D eigenvalue weighted by Crippen LogP contribution is -2.47. The van der Waals surface area contributed by atoms with Crippen molar-refractivity contribution in [1.82, 2.24) is 4.98 Å². The molecule has 0 aliphatic carbocycles. The summed E-state index contributed by atoms with van der Waals surface area (Å²) in [5, 5.41) is 0. The van der Waals surface area contributed by atoms with Gasteiger partial charge < -0.3 is 19.9 Å². The lowest BCUT2D eigenvalue weighted by atomic mass is 10.2. The standard InChI is InChI=1S/C14H19N3O5/c1-8(7-20-3)21-12(18)6-17-13-10(4-5-11(15)16-13)22-9(2)14(17)19/h4-5,8-9H,6-7H2,1-3H3,(H2,15,16). The van der Waals surface area contributed by atoms with Gasteiger partial charge in [0.15, 0.2) is 17.7 Å². The Labute approximate surface area is 128 Å². The topological polar surface area (TPSA) is 104 Å². The van der Waals surface area contributed by atoms with Crippen LogP contribution >= 0.6 is 0 Å². The van der Waals surface area contributed by atoms with Crippen molar-refractivity contribution in [3.63, 3.8) is 0 Å². The van der Waals surface area contributed by atoms with Crippen LogP contribution in [-0.4, -0.2) is 49.3 Å². The highest BCUT2D eigenvalue weighted by atomic mass is 16.6. The number of nitrogens with two attached hydrogens (primary N) is 1. The molecule has 2 rings (SSSR count). The van der Waals surface area contributed by atoms with Gasteiger partial charge in [-0.15, -0.1) is 0 Å². The number of hydrogen-bond acceptors (Lipinski definition) is 7. The summed E-state index contributed by atoms with van der Waals surface area (Å²) < 4.78 is 15.5. The molecule has 0 bridgehead atoms. The molecule has 0 fully saturated rings. The number of carbonyl (C=O) groups excluding carboxylic acids is 2. The van der Waals surface area contributed by atoms with E-state index in [1.54, 1.807) is 26.0 Å². The number of aromatic nitrogens is 1. The quantitative estimate of drug-likeness (QED) is 0.783. The van der Waals surface area contributed by atoms with Crippen molar-refractivity contribution in [2.45, 2.75) is 26.1 Å². The zero-order chi connectivity index (χ0) is 16.3. The molecule has 1 amide bonds. The average Bonchev–Trinajstić information content (AvgIpc) is 2.45. The van der Waals surface area contributed by atoms with Crippen LogP contribution in [0.3, 0.4) is 0 Å². The maximum Gasteiger partial charge on any atom is 0.326 e. The second-order valence-electron chi connectivity index (χ2n) is 5.00. The highest BCUT2D eigenvalue weighted by molar-refractivity contribution is 6.02. The normalized spacial score (nSPS) is 18.4. The van der Waals surface area contributed by atoms with E-state index in [4.69, 9.17) is 19.9 Å². The lowest BCUT2D eigenvalue weighted by molar-refractivity contribution is -0.149. The van der Waals surface area contributed by atoms with Crippen LogP contribution in [0.4, 0.5) is 11.6 Å². The first-order valence-corrected chi connectivity index (χ1v) is 6.85. The van der Waals surface area contributed by atoms with Gasteiger partial charge in [0.25, 0.3) is 5.91 Å². The molecule has 1 aromatic rings. The van der Waals surface area contributed by atoms with E-state index in [2.05, 4.69) is 4.98 Å². The molecule has 2 atom stereocenters. The third-order valence-electron chi connectivity index (χ3n) is 3.06. The van der Waals surface area contributed by atoms with Crippen LogP contribution in [0.25, 0.3) is 0 Å². The predicted molar refractivity (Wildman–Crippen MR) is 78.5 cm³/mol. The van der Waals surface area contributed by atoms with E-state index in [1.807, 2.05) is 0 Å². The number of hydrogen-bond donors (Lipinski definition) is 1. The van der Waals surface area contributed by atoms with Crippen LogP contribution in [0.1, 0.15) is 13.8 Å². The summed E-state index contributed by atoms with van der Waals surface area (Å²) in [6.45, 7) is 3.33. The van der Waals surface area contributed by atoms with Crippen molar-refractivity contribution in [1.29, 1.82) is 0 Å². The Kier molecular flexibility index (Phi) is 4.81. The third-order valence-corrected chi connectivity index (χ3v) is 3.06. The van der Waals surface area contributed by atoms with Crippen molar-refractivity contribution in [3.05, 3.63) is 12.1 Å². The summed E-state index contributed by atoms with van der Waals surface area (Å²) in [4.78, 5) is 29.5. The molecule has 120 valence electrons. The number of nitrogens with zero attached hydrogens (tertiary/aromatic N) is 2. The minimum atomic E-state index is -0.706. The van der Waals surface area contributed by atoms with Gasteiger partial charge in [-0.2, -0.15) is 0 Å². The number of ether oxygens (including phenoxy) is 3. The molecule has 2 N–H and O–H groups in total. The van der Waals surface area contributed by atoms with Crippen molar-refractivity contribution in [3.8, 4) is 5.75 Å². The Morgan fingerprint density at radius 1 is 1.55 bits per heavy atom. The fourth-order valence-electron chi connectivity index (χ4n) is 2.11. The molecule has 2 unspecified atom stereocenters. The number of nitrogen functional groups attached to an aromatic ring is 1. The average molecular weight is 309 g/mol. The van der Waals surface area contributed by atoms with Gasteiger partial charge in [0, 0.05) is 7.11 Å². The van der Waals surface area contributed by atoms with Gasteiger partial charge in [0.1, 0.15) is 18.5 Å². The Morgan fingerprint density at radius 2 is 2.27 bits per heavy atom. The minimum absolute atomic E-state index is 0.222. The lowest BCUT2D eigenvalue weighted by Gasteiger charge is -2.31. The van der Waals surface area contributed by atoms with E-state index in [-0.39, 0.29) is 30.7 Å². The Morgan fingerprint density at radius 3 is 2.95 bits per heavy atom. The number of carbonyl (C=O) groups is 2. The van der Waals surface area contributed by atoms with E-state index < -0.39 is 18.2 Å². The van der Waals surface area contributed by atoms with E-state index in [1.165, 1.54) is 12.0 Å². The highest BCUT2D eigenvalue weighted by Crippen LogP contribution is 2.32. The number of rotatable bonds is 5. The van der Waals surface area contributed by atoms with Gasteiger partial charge in [-0.25, -0.2) is 4.98 Å². The molecule has 2 heterocycles. The SMILES string of the molecule is COCC(C)OC(=O)CN1C(=O)C(C)Oc2ccc(N)nc21. The maximum absolute atomic E-state index is 12.2. The first kappa shape index (κ1) is 16.0. The first-order valence-electron chi connectivity index (χ1n) is 6.85. The van der Waals surface area contributed by atoms with Gasteiger partial charge in [-0.3, -0.25) is 14.5 Å². The van der Waals surface area contributed by atoms with Crippen LogP contribution in [0, 0.1) is 0 Å². The number of methoxy groups -OCH3 is 1. The van der Waals surface area contributed by atoms with Crippen LogP contribution in [0.2, 0.25) is 0 Å². The molecule has 8 nitrogen and oxygen atoms in total. The van der Waals surface area contributed by atoms with Gasteiger partial charge >= 0.3 is 5.97 Å². The smallest absolute Gasteiger partial charge is 0.326 e. The van der Waals surface area contributed by atoms with E-state index in [0.29, 0.717) is 5.75 Å². The summed E-state index contributed by atoms with van der Waals surface area (Å²) in [6.07, 6.45) is -1.11. The predicted octanol–water partition coefficient (Wildman–Crippen LogP) is 0.356. The third kappa shape index (κ3) is 3.45. The summed E-state index contributed by atoms with van der Waals surface area (Å²) in [7, 11) is 1.51. The van der Waals surface area contributed by atoms with Crippen molar-refractivity contribution in [2.24, 2.45) is 0 Å². The van der Waals surface area contributed by atoms with Gasteiger partial charge in [0.05, 0.1) is 6.61 Å². The molecule has 8 heteroatoms. The Bertz CT molecular complexity index is 578. The molecule has 22 heavy (non-hydrogen) atoms. The van der Waals surface area contributed by atoms with Crippen molar-refractivity contribution < 1.29 is 23.8 Å². The first-order chi connectivity index (χ1) is 10.4. The number of esters is 1. The molecule has 1 aliphatic rings. The number of fused-ring (bicyclic) bond motifs is 1. The molecule has 0 saturated carbocycles. The van der Waals surface area contributed by atoms with Gasteiger partial charge in [-0.1, -0.05) is 0 Å². The highest BCUT2D eigenvalue weighted by Gasteiger charge is 2.34.